The van der Waals surface area contributed by atoms with Gasteiger partial charge >= 0.3 is 0 Å². The summed E-state index contributed by atoms with van der Waals surface area (Å²) in [4.78, 5) is 24.5. The number of hydrogen-bond acceptors (Lipinski definition) is 3. The molecule has 0 unspecified atom stereocenters. The average Bonchev–Trinajstić information content (AvgIpc) is 2.19. The summed E-state index contributed by atoms with van der Waals surface area (Å²) >= 11 is 0. The van der Waals surface area contributed by atoms with E-state index in [1.807, 2.05) is 62.3 Å². The van der Waals surface area contributed by atoms with Gasteiger partial charge in [0.15, 0.2) is 0 Å². The molecule has 2 atom stereocenters. The summed E-state index contributed by atoms with van der Waals surface area (Å²) in [6, 6.07) is -0.515. The molecule has 5 nitrogen and oxygen atoms in total. The Morgan fingerprint density at radius 1 is 0.909 bits per heavy atom. The number of nitrogens with one attached hydrogen (secondary N) is 3. The molecule has 0 aliphatic rings. The van der Waals surface area contributed by atoms with E-state index >= 15 is 0 Å². The van der Waals surface area contributed by atoms with Gasteiger partial charge in [0.05, 0.1) is 6.17 Å². The van der Waals surface area contributed by atoms with Gasteiger partial charge < -0.3 is 10.6 Å². The predicted octanol–water partition coefficient (Wildman–Crippen LogP) is 2.41. The standard InChI is InChI=1S/C17H35N3O2/c1-11(2)14(19-13(21)10-16(4,5)6)15(22)18-12(3)20-17(7,8)9/h11-12,14,20H,10H2,1-9H3,(H,18,22)(H,19,21)/t12-,14+/m1/s1. The highest BCUT2D eigenvalue weighted by molar-refractivity contribution is 5.88. The van der Waals surface area contributed by atoms with E-state index in [-0.39, 0.29) is 34.9 Å². The van der Waals surface area contributed by atoms with E-state index in [4.69, 9.17) is 0 Å². The molecule has 2 amide bonds. The molecule has 0 saturated heterocycles. The number of hydrogen-bond donors (Lipinski definition) is 3. The minimum atomic E-state index is -0.515. The van der Waals surface area contributed by atoms with E-state index < -0.39 is 6.04 Å². The maximum absolute atomic E-state index is 12.4. The summed E-state index contributed by atoms with van der Waals surface area (Å²) in [5.41, 5.74) is -0.182. The fraction of sp³-hybridized carbons (Fsp3) is 0.882. The summed E-state index contributed by atoms with van der Waals surface area (Å²) in [6.45, 7) is 17.9. The Balaban J connectivity index is 4.68. The summed E-state index contributed by atoms with van der Waals surface area (Å²) in [7, 11) is 0. The molecule has 0 saturated carbocycles. The van der Waals surface area contributed by atoms with Crippen LogP contribution in [0.1, 0.15) is 68.7 Å². The average molecular weight is 313 g/mol. The van der Waals surface area contributed by atoms with Crippen LogP contribution < -0.4 is 16.0 Å². The Labute approximate surface area is 136 Å². The van der Waals surface area contributed by atoms with Gasteiger partial charge in [0.1, 0.15) is 6.04 Å². The Hall–Kier alpha value is -1.10. The van der Waals surface area contributed by atoms with Gasteiger partial charge in [-0.3, -0.25) is 14.9 Å². The van der Waals surface area contributed by atoms with Crippen molar-refractivity contribution < 1.29 is 9.59 Å². The minimum absolute atomic E-state index is 0.0331. The topological polar surface area (TPSA) is 70.2 Å². The predicted molar refractivity (Wildman–Crippen MR) is 91.3 cm³/mol. The Morgan fingerprint density at radius 3 is 1.77 bits per heavy atom. The first-order valence-corrected chi connectivity index (χ1v) is 8.09. The molecule has 0 radical (unpaired) electrons. The van der Waals surface area contributed by atoms with Crippen molar-refractivity contribution in [3.63, 3.8) is 0 Å². The van der Waals surface area contributed by atoms with E-state index in [0.717, 1.165) is 0 Å². The third-order valence-corrected chi connectivity index (χ3v) is 2.96. The maximum Gasteiger partial charge on any atom is 0.244 e. The summed E-state index contributed by atoms with van der Waals surface area (Å²) < 4.78 is 0. The molecule has 0 aromatic rings. The first kappa shape index (κ1) is 20.9. The van der Waals surface area contributed by atoms with E-state index in [1.54, 1.807) is 0 Å². The molecule has 0 bridgehead atoms. The van der Waals surface area contributed by atoms with Gasteiger partial charge in [0, 0.05) is 12.0 Å². The van der Waals surface area contributed by atoms with Gasteiger partial charge in [-0.2, -0.15) is 0 Å². The second-order valence-corrected chi connectivity index (χ2v) is 8.65. The third kappa shape index (κ3) is 9.77. The molecule has 0 spiro atoms. The Morgan fingerprint density at radius 2 is 1.41 bits per heavy atom. The number of amides is 2. The Bertz CT molecular complexity index is 378. The van der Waals surface area contributed by atoms with Crippen LogP contribution in [0.4, 0.5) is 0 Å². The van der Waals surface area contributed by atoms with Crippen LogP contribution in [0.5, 0.6) is 0 Å². The first-order valence-electron chi connectivity index (χ1n) is 8.09. The molecule has 3 N–H and O–H groups in total. The van der Waals surface area contributed by atoms with Crippen molar-refractivity contribution in [1.29, 1.82) is 0 Å². The maximum atomic E-state index is 12.4. The monoisotopic (exact) mass is 313 g/mol. The van der Waals surface area contributed by atoms with Crippen LogP contribution >= 0.6 is 0 Å². The van der Waals surface area contributed by atoms with Gasteiger partial charge in [-0.25, -0.2) is 0 Å². The van der Waals surface area contributed by atoms with Crippen LogP contribution in [0.15, 0.2) is 0 Å². The van der Waals surface area contributed by atoms with Crippen molar-refractivity contribution in [1.82, 2.24) is 16.0 Å². The molecule has 5 heteroatoms. The smallest absolute Gasteiger partial charge is 0.244 e. The van der Waals surface area contributed by atoms with Gasteiger partial charge in [0.2, 0.25) is 11.8 Å². The van der Waals surface area contributed by atoms with Crippen LogP contribution in [-0.2, 0) is 9.59 Å². The number of carbonyl (C=O) groups excluding carboxylic acids is 2. The molecule has 0 heterocycles. The van der Waals surface area contributed by atoms with Crippen molar-refractivity contribution in [2.45, 2.75) is 86.5 Å². The van der Waals surface area contributed by atoms with Gasteiger partial charge in [-0.1, -0.05) is 34.6 Å². The second kappa shape index (κ2) is 7.95. The van der Waals surface area contributed by atoms with Crippen LogP contribution in [-0.4, -0.2) is 29.6 Å². The fourth-order valence-electron chi connectivity index (χ4n) is 2.23. The zero-order chi connectivity index (χ0) is 17.7. The zero-order valence-electron chi connectivity index (χ0n) is 15.8. The fourth-order valence-corrected chi connectivity index (χ4v) is 2.23. The van der Waals surface area contributed by atoms with Crippen LogP contribution in [0, 0.1) is 11.3 Å². The zero-order valence-corrected chi connectivity index (χ0v) is 15.8. The van der Waals surface area contributed by atoms with Crippen molar-refractivity contribution in [3.05, 3.63) is 0 Å². The SMILES string of the molecule is CC(C)[C@H](NC(=O)CC(C)(C)C)C(=O)N[C@@H](C)NC(C)(C)C. The van der Waals surface area contributed by atoms with Crippen molar-refractivity contribution in [2.75, 3.05) is 0 Å². The minimum Gasteiger partial charge on any atom is -0.344 e. The molecule has 0 aromatic carbocycles. The van der Waals surface area contributed by atoms with E-state index in [1.165, 1.54) is 0 Å². The van der Waals surface area contributed by atoms with Crippen molar-refractivity contribution in [2.24, 2.45) is 11.3 Å². The molecule has 0 aliphatic heterocycles. The molecule has 22 heavy (non-hydrogen) atoms. The molecular weight excluding hydrogens is 278 g/mol. The highest BCUT2D eigenvalue weighted by Crippen LogP contribution is 2.18. The van der Waals surface area contributed by atoms with Gasteiger partial charge in [0.25, 0.3) is 0 Å². The lowest BCUT2D eigenvalue weighted by Gasteiger charge is -2.29. The summed E-state index contributed by atoms with van der Waals surface area (Å²) in [5, 5.41) is 9.07. The van der Waals surface area contributed by atoms with Gasteiger partial charge in [-0.05, 0) is 39.0 Å². The molecule has 130 valence electrons. The molecule has 0 aromatic heterocycles. The van der Waals surface area contributed by atoms with Crippen LogP contribution in [0.25, 0.3) is 0 Å². The largest absolute Gasteiger partial charge is 0.344 e. The molecular formula is C17H35N3O2. The number of rotatable bonds is 6. The summed E-state index contributed by atoms with van der Waals surface area (Å²) in [5.74, 6) is -0.204. The lowest BCUT2D eigenvalue weighted by Crippen LogP contribution is -2.57. The lowest BCUT2D eigenvalue weighted by molar-refractivity contribution is -0.131. The molecule has 0 aliphatic carbocycles. The van der Waals surface area contributed by atoms with Crippen molar-refractivity contribution in [3.8, 4) is 0 Å². The summed E-state index contributed by atoms with van der Waals surface area (Å²) in [6.07, 6.45) is 0.243. The Kier molecular flexibility index (Phi) is 7.55. The van der Waals surface area contributed by atoms with Gasteiger partial charge in [-0.15, -0.1) is 0 Å². The third-order valence-electron chi connectivity index (χ3n) is 2.96. The van der Waals surface area contributed by atoms with Crippen LogP contribution in [0.3, 0.4) is 0 Å². The quantitative estimate of drug-likeness (QED) is 0.660. The normalized spacial score (nSPS) is 15.4. The highest BCUT2D eigenvalue weighted by Gasteiger charge is 2.27. The first-order chi connectivity index (χ1) is 9.71. The highest BCUT2D eigenvalue weighted by atomic mass is 16.2. The number of carbonyl (C=O) groups is 2. The molecule has 0 rings (SSSR count). The van der Waals surface area contributed by atoms with E-state index in [9.17, 15) is 9.59 Å². The molecule has 0 fully saturated rings. The van der Waals surface area contributed by atoms with Crippen molar-refractivity contribution >= 4 is 11.8 Å². The van der Waals surface area contributed by atoms with E-state index in [2.05, 4.69) is 16.0 Å². The van der Waals surface area contributed by atoms with Crippen LogP contribution in [0.2, 0.25) is 0 Å². The second-order valence-electron chi connectivity index (χ2n) is 8.65. The van der Waals surface area contributed by atoms with E-state index in [0.29, 0.717) is 6.42 Å². The lowest BCUT2D eigenvalue weighted by atomic mass is 9.91.